The zero-order valence-corrected chi connectivity index (χ0v) is 11.4. The molecule has 2 heterocycles. The molecule has 0 saturated heterocycles. The van der Waals surface area contributed by atoms with Gasteiger partial charge in [-0.25, -0.2) is 0 Å². The monoisotopic (exact) mass is 261 g/mol. The largest absolute Gasteiger partial charge is 0.322 e. The maximum Gasteiger partial charge on any atom is 0.249 e. The van der Waals surface area contributed by atoms with E-state index in [1.807, 2.05) is 37.7 Å². The predicted octanol–water partition coefficient (Wildman–Crippen LogP) is 2.25. The van der Waals surface area contributed by atoms with Crippen molar-refractivity contribution in [3.8, 4) is 0 Å². The van der Waals surface area contributed by atoms with Crippen LogP contribution in [0.3, 0.4) is 0 Å². The number of aromatic nitrogens is 4. The SMILES string of the molecule is CCC(C(=O)Nc1cnn(C(C)C)c1)n1cccn1. The lowest BCUT2D eigenvalue weighted by Crippen LogP contribution is -2.25. The van der Waals surface area contributed by atoms with Gasteiger partial charge in [0.1, 0.15) is 6.04 Å². The zero-order chi connectivity index (χ0) is 13.8. The van der Waals surface area contributed by atoms with E-state index < -0.39 is 0 Å². The van der Waals surface area contributed by atoms with E-state index in [4.69, 9.17) is 0 Å². The van der Waals surface area contributed by atoms with E-state index >= 15 is 0 Å². The zero-order valence-electron chi connectivity index (χ0n) is 11.4. The first-order valence-electron chi connectivity index (χ1n) is 6.46. The third kappa shape index (κ3) is 3.01. The van der Waals surface area contributed by atoms with Crippen LogP contribution in [0, 0.1) is 0 Å². The second-order valence-corrected chi connectivity index (χ2v) is 4.70. The van der Waals surface area contributed by atoms with Gasteiger partial charge >= 0.3 is 0 Å². The second kappa shape index (κ2) is 5.69. The summed E-state index contributed by atoms with van der Waals surface area (Å²) in [5.41, 5.74) is 0.712. The van der Waals surface area contributed by atoms with Gasteiger partial charge in [-0.2, -0.15) is 10.2 Å². The standard InChI is InChI=1S/C13H19N5O/c1-4-12(17-7-5-6-14-17)13(19)16-11-8-15-18(9-11)10(2)3/h5-10,12H,4H2,1-3H3,(H,16,19). The summed E-state index contributed by atoms with van der Waals surface area (Å²) >= 11 is 0. The van der Waals surface area contributed by atoms with Gasteiger partial charge in [0, 0.05) is 24.6 Å². The van der Waals surface area contributed by atoms with Crippen LogP contribution < -0.4 is 5.32 Å². The summed E-state index contributed by atoms with van der Waals surface area (Å²) in [6, 6.07) is 1.79. The van der Waals surface area contributed by atoms with Crippen molar-refractivity contribution in [3.05, 3.63) is 30.9 Å². The maximum absolute atomic E-state index is 12.2. The highest BCUT2D eigenvalue weighted by Crippen LogP contribution is 2.15. The van der Waals surface area contributed by atoms with Crippen molar-refractivity contribution in [2.24, 2.45) is 0 Å². The molecular formula is C13H19N5O. The van der Waals surface area contributed by atoms with Crippen LogP contribution >= 0.6 is 0 Å². The van der Waals surface area contributed by atoms with Crippen molar-refractivity contribution in [1.82, 2.24) is 19.6 Å². The van der Waals surface area contributed by atoms with Gasteiger partial charge in [-0.15, -0.1) is 0 Å². The van der Waals surface area contributed by atoms with E-state index in [1.165, 1.54) is 0 Å². The van der Waals surface area contributed by atoms with Crippen LogP contribution in [0.4, 0.5) is 5.69 Å². The Hall–Kier alpha value is -2.11. The van der Waals surface area contributed by atoms with Gasteiger partial charge in [0.25, 0.3) is 0 Å². The van der Waals surface area contributed by atoms with E-state index in [0.29, 0.717) is 12.1 Å². The average Bonchev–Trinajstić information content (AvgIpc) is 3.01. The molecule has 0 aromatic carbocycles. The number of hydrogen-bond acceptors (Lipinski definition) is 3. The van der Waals surface area contributed by atoms with Crippen molar-refractivity contribution >= 4 is 11.6 Å². The lowest BCUT2D eigenvalue weighted by atomic mass is 10.2. The molecule has 0 aliphatic carbocycles. The maximum atomic E-state index is 12.2. The quantitative estimate of drug-likeness (QED) is 0.897. The van der Waals surface area contributed by atoms with E-state index in [1.54, 1.807) is 23.3 Å². The summed E-state index contributed by atoms with van der Waals surface area (Å²) in [5, 5.41) is 11.2. The molecule has 2 aromatic heterocycles. The minimum atomic E-state index is -0.294. The minimum absolute atomic E-state index is 0.0745. The molecular weight excluding hydrogens is 242 g/mol. The first-order chi connectivity index (χ1) is 9.11. The van der Waals surface area contributed by atoms with Gasteiger partial charge in [0.05, 0.1) is 11.9 Å². The number of anilines is 1. The highest BCUT2D eigenvalue weighted by molar-refractivity contribution is 5.93. The summed E-state index contributed by atoms with van der Waals surface area (Å²) in [5.74, 6) is -0.0745. The van der Waals surface area contributed by atoms with Gasteiger partial charge in [-0.3, -0.25) is 14.2 Å². The van der Waals surface area contributed by atoms with Crippen molar-refractivity contribution in [2.75, 3.05) is 5.32 Å². The Bertz CT molecular complexity index is 529. The number of carbonyl (C=O) groups excluding carboxylic acids is 1. The predicted molar refractivity (Wildman–Crippen MR) is 72.8 cm³/mol. The van der Waals surface area contributed by atoms with Crippen LogP contribution in [0.25, 0.3) is 0 Å². The van der Waals surface area contributed by atoms with Gasteiger partial charge in [0.2, 0.25) is 5.91 Å². The fourth-order valence-corrected chi connectivity index (χ4v) is 1.87. The first kappa shape index (κ1) is 13.3. The Morgan fingerprint density at radius 2 is 2.16 bits per heavy atom. The van der Waals surface area contributed by atoms with Crippen molar-refractivity contribution in [2.45, 2.75) is 39.3 Å². The van der Waals surface area contributed by atoms with Crippen LogP contribution in [0.5, 0.6) is 0 Å². The normalized spacial score (nSPS) is 12.6. The third-order valence-corrected chi connectivity index (χ3v) is 2.93. The summed E-state index contributed by atoms with van der Waals surface area (Å²) in [6.45, 7) is 6.04. The van der Waals surface area contributed by atoms with E-state index in [2.05, 4.69) is 15.5 Å². The Morgan fingerprint density at radius 1 is 1.37 bits per heavy atom. The Kier molecular flexibility index (Phi) is 3.99. The summed E-state index contributed by atoms with van der Waals surface area (Å²) in [4.78, 5) is 12.2. The summed E-state index contributed by atoms with van der Waals surface area (Å²) < 4.78 is 3.48. The topological polar surface area (TPSA) is 64.7 Å². The molecule has 0 radical (unpaired) electrons. The van der Waals surface area contributed by atoms with Gasteiger partial charge in [-0.1, -0.05) is 6.92 Å². The lowest BCUT2D eigenvalue weighted by Gasteiger charge is -2.14. The molecule has 6 nitrogen and oxygen atoms in total. The van der Waals surface area contributed by atoms with Gasteiger partial charge in [-0.05, 0) is 26.3 Å². The smallest absolute Gasteiger partial charge is 0.249 e. The highest BCUT2D eigenvalue weighted by atomic mass is 16.2. The molecule has 1 atom stereocenters. The molecule has 102 valence electrons. The summed E-state index contributed by atoms with van der Waals surface area (Å²) in [6.07, 6.45) is 7.65. The van der Waals surface area contributed by atoms with E-state index in [-0.39, 0.29) is 18.0 Å². The molecule has 0 saturated carbocycles. The summed E-state index contributed by atoms with van der Waals surface area (Å²) in [7, 11) is 0. The fraction of sp³-hybridized carbons (Fsp3) is 0.462. The van der Waals surface area contributed by atoms with Gasteiger partial charge < -0.3 is 5.32 Å². The van der Waals surface area contributed by atoms with Crippen LogP contribution in [-0.2, 0) is 4.79 Å². The van der Waals surface area contributed by atoms with Gasteiger partial charge in [0.15, 0.2) is 0 Å². The van der Waals surface area contributed by atoms with E-state index in [9.17, 15) is 4.79 Å². The Morgan fingerprint density at radius 3 is 2.68 bits per heavy atom. The number of rotatable bonds is 5. The fourth-order valence-electron chi connectivity index (χ4n) is 1.87. The van der Waals surface area contributed by atoms with Crippen LogP contribution in [-0.4, -0.2) is 25.5 Å². The van der Waals surface area contributed by atoms with Crippen LogP contribution in [0.2, 0.25) is 0 Å². The molecule has 19 heavy (non-hydrogen) atoms. The number of hydrogen-bond donors (Lipinski definition) is 1. The molecule has 2 aromatic rings. The third-order valence-electron chi connectivity index (χ3n) is 2.93. The molecule has 0 bridgehead atoms. The second-order valence-electron chi connectivity index (χ2n) is 4.70. The minimum Gasteiger partial charge on any atom is -0.322 e. The molecule has 6 heteroatoms. The first-order valence-corrected chi connectivity index (χ1v) is 6.46. The lowest BCUT2D eigenvalue weighted by molar-refractivity contribution is -0.119. The van der Waals surface area contributed by atoms with Crippen molar-refractivity contribution < 1.29 is 4.79 Å². The highest BCUT2D eigenvalue weighted by Gasteiger charge is 2.19. The number of nitrogens with zero attached hydrogens (tertiary/aromatic N) is 4. The number of amides is 1. The number of carbonyl (C=O) groups is 1. The molecule has 2 rings (SSSR count). The molecule has 1 amide bonds. The van der Waals surface area contributed by atoms with Crippen molar-refractivity contribution in [1.29, 1.82) is 0 Å². The molecule has 0 spiro atoms. The van der Waals surface area contributed by atoms with Crippen LogP contribution in [0.15, 0.2) is 30.9 Å². The molecule has 1 unspecified atom stereocenters. The molecule has 0 fully saturated rings. The van der Waals surface area contributed by atoms with E-state index in [0.717, 1.165) is 0 Å². The van der Waals surface area contributed by atoms with Crippen LogP contribution in [0.1, 0.15) is 39.3 Å². The molecule has 1 N–H and O–H groups in total. The molecule has 0 aliphatic heterocycles. The average molecular weight is 261 g/mol. The van der Waals surface area contributed by atoms with Crippen molar-refractivity contribution in [3.63, 3.8) is 0 Å². The molecule has 0 aliphatic rings. The Balaban J connectivity index is 2.07. The number of nitrogens with one attached hydrogen (secondary N) is 1. The Labute approximate surface area is 112 Å².